The number of aromatic nitrogens is 3. The van der Waals surface area contributed by atoms with Gasteiger partial charge < -0.3 is 20.3 Å². The summed E-state index contributed by atoms with van der Waals surface area (Å²) in [6.45, 7) is 2.45. The minimum atomic E-state index is -1.51. The largest absolute Gasteiger partial charge is 0.488 e. The highest BCUT2D eigenvalue weighted by Crippen LogP contribution is 2.37. The zero-order valence-corrected chi connectivity index (χ0v) is 15.2. The average Bonchev–Trinajstić information content (AvgIpc) is 3.01. The summed E-state index contributed by atoms with van der Waals surface area (Å²) in [6.07, 6.45) is 2.21. The molecule has 1 aliphatic heterocycles. The van der Waals surface area contributed by atoms with E-state index in [0.29, 0.717) is 23.9 Å². The van der Waals surface area contributed by atoms with Gasteiger partial charge in [0, 0.05) is 12.6 Å². The Labute approximate surface area is 162 Å². The van der Waals surface area contributed by atoms with E-state index in [1.165, 1.54) is 18.5 Å². The van der Waals surface area contributed by atoms with E-state index in [1.807, 2.05) is 17.9 Å². The molecule has 0 amide bonds. The molecular formula is C19H19BFN5O2. The summed E-state index contributed by atoms with van der Waals surface area (Å²) in [5.41, 5.74) is 3.10. The highest BCUT2D eigenvalue weighted by Gasteiger charge is 2.29. The van der Waals surface area contributed by atoms with Gasteiger partial charge in [-0.05, 0) is 42.1 Å². The quantitative estimate of drug-likeness (QED) is 0.577. The first-order valence-electron chi connectivity index (χ1n) is 8.97. The second kappa shape index (κ2) is 7.53. The molecule has 2 heterocycles. The number of halogens is 1. The molecule has 2 aromatic carbocycles. The third-order valence-corrected chi connectivity index (χ3v) is 4.74. The van der Waals surface area contributed by atoms with Gasteiger partial charge in [-0.1, -0.05) is 30.3 Å². The summed E-state index contributed by atoms with van der Waals surface area (Å²) in [5, 5.41) is 21.7. The van der Waals surface area contributed by atoms with Crippen molar-refractivity contribution in [3.05, 3.63) is 65.7 Å². The van der Waals surface area contributed by atoms with Crippen LogP contribution in [0.2, 0.25) is 0 Å². The van der Waals surface area contributed by atoms with Crippen LogP contribution >= 0.6 is 0 Å². The predicted molar refractivity (Wildman–Crippen MR) is 105 cm³/mol. The maximum absolute atomic E-state index is 13.7. The predicted octanol–water partition coefficient (Wildman–Crippen LogP) is 1.39. The Morgan fingerprint density at radius 1 is 1.21 bits per heavy atom. The van der Waals surface area contributed by atoms with Crippen LogP contribution in [0.1, 0.15) is 18.1 Å². The van der Waals surface area contributed by atoms with E-state index >= 15 is 0 Å². The Balaban J connectivity index is 1.54. The number of hydrogen-bond donors (Lipinski definition) is 3. The molecule has 0 saturated heterocycles. The first kappa shape index (κ1) is 18.3. The lowest BCUT2D eigenvalue weighted by molar-refractivity contribution is 0.425. The minimum Gasteiger partial charge on any atom is -0.423 e. The van der Waals surface area contributed by atoms with Crippen molar-refractivity contribution in [3.8, 4) is 0 Å². The lowest BCUT2D eigenvalue weighted by Crippen LogP contribution is -2.30. The molecule has 9 heteroatoms. The topological polar surface area (TPSA) is 94.4 Å². The second-order valence-corrected chi connectivity index (χ2v) is 6.78. The summed E-state index contributed by atoms with van der Waals surface area (Å²) >= 11 is 0. The van der Waals surface area contributed by atoms with E-state index in [-0.39, 0.29) is 11.9 Å². The van der Waals surface area contributed by atoms with Crippen LogP contribution in [0.15, 0.2) is 48.8 Å². The van der Waals surface area contributed by atoms with E-state index in [1.54, 1.807) is 24.3 Å². The summed E-state index contributed by atoms with van der Waals surface area (Å²) in [7, 11) is -1.51. The molecule has 0 saturated carbocycles. The smallest absolute Gasteiger partial charge is 0.423 e. The van der Waals surface area contributed by atoms with Crippen molar-refractivity contribution in [2.24, 2.45) is 0 Å². The number of benzene rings is 2. The third kappa shape index (κ3) is 3.67. The van der Waals surface area contributed by atoms with Gasteiger partial charge in [0.1, 0.15) is 12.1 Å². The fourth-order valence-corrected chi connectivity index (χ4v) is 3.42. The van der Waals surface area contributed by atoms with Gasteiger partial charge in [0.05, 0.1) is 5.69 Å². The summed E-state index contributed by atoms with van der Waals surface area (Å²) < 4.78 is 13.7. The standard InChI is InChI=1S/C19H19BFN5O2/c1-12-7-14-5-6-16(21)9-17(14)26(12)19-24-11-23-18(25-19)22-10-13-3-2-4-15(8-13)20(27)28/h2-6,8-9,11-12,27-28H,7,10H2,1H3,(H,22,23,24,25). The van der Waals surface area contributed by atoms with Gasteiger partial charge in [-0.3, -0.25) is 0 Å². The van der Waals surface area contributed by atoms with Gasteiger partial charge >= 0.3 is 7.12 Å². The third-order valence-electron chi connectivity index (χ3n) is 4.74. The van der Waals surface area contributed by atoms with Crippen molar-refractivity contribution < 1.29 is 14.4 Å². The number of anilines is 3. The molecule has 0 bridgehead atoms. The normalized spacial score (nSPS) is 15.4. The Morgan fingerprint density at radius 2 is 2.07 bits per heavy atom. The Kier molecular flexibility index (Phi) is 4.93. The molecule has 142 valence electrons. The number of fused-ring (bicyclic) bond motifs is 1. The monoisotopic (exact) mass is 379 g/mol. The number of nitrogens with zero attached hydrogens (tertiary/aromatic N) is 4. The molecule has 28 heavy (non-hydrogen) atoms. The number of nitrogens with one attached hydrogen (secondary N) is 1. The van der Waals surface area contributed by atoms with Crippen LogP contribution in [0.25, 0.3) is 0 Å². The van der Waals surface area contributed by atoms with Gasteiger partial charge in [-0.25, -0.2) is 14.4 Å². The summed E-state index contributed by atoms with van der Waals surface area (Å²) in [5.74, 6) is 0.544. The lowest BCUT2D eigenvalue weighted by Gasteiger charge is -2.22. The van der Waals surface area contributed by atoms with Crippen molar-refractivity contribution in [2.75, 3.05) is 10.2 Å². The maximum Gasteiger partial charge on any atom is 0.488 e. The maximum atomic E-state index is 13.7. The second-order valence-electron chi connectivity index (χ2n) is 6.78. The van der Waals surface area contributed by atoms with E-state index in [2.05, 4.69) is 20.3 Å². The first-order valence-corrected chi connectivity index (χ1v) is 8.97. The van der Waals surface area contributed by atoms with Crippen LogP contribution < -0.4 is 15.7 Å². The molecule has 0 radical (unpaired) electrons. The van der Waals surface area contributed by atoms with Crippen LogP contribution in [-0.2, 0) is 13.0 Å². The first-order chi connectivity index (χ1) is 13.5. The van der Waals surface area contributed by atoms with Crippen LogP contribution in [-0.4, -0.2) is 38.2 Å². The SMILES string of the molecule is CC1Cc2ccc(F)cc2N1c1ncnc(NCc2cccc(B(O)O)c2)n1. The lowest BCUT2D eigenvalue weighted by atomic mass is 9.80. The van der Waals surface area contributed by atoms with Crippen molar-refractivity contribution in [1.29, 1.82) is 0 Å². The Bertz CT molecular complexity index is 1000. The highest BCUT2D eigenvalue weighted by atomic mass is 19.1. The number of rotatable bonds is 5. The minimum absolute atomic E-state index is 0.106. The molecule has 0 spiro atoms. The molecule has 1 unspecified atom stereocenters. The summed E-state index contributed by atoms with van der Waals surface area (Å²) in [6, 6.07) is 11.8. The van der Waals surface area contributed by atoms with Gasteiger partial charge in [0.15, 0.2) is 0 Å². The molecule has 3 aromatic rings. The molecule has 1 aromatic heterocycles. The van der Waals surface area contributed by atoms with Gasteiger partial charge in [0.2, 0.25) is 11.9 Å². The van der Waals surface area contributed by atoms with Crippen LogP contribution in [0.3, 0.4) is 0 Å². The van der Waals surface area contributed by atoms with Crippen LogP contribution in [0.4, 0.5) is 22.0 Å². The van der Waals surface area contributed by atoms with Crippen molar-refractivity contribution in [3.63, 3.8) is 0 Å². The Hall–Kier alpha value is -3.04. The Morgan fingerprint density at radius 3 is 2.89 bits per heavy atom. The van der Waals surface area contributed by atoms with Crippen molar-refractivity contribution >= 4 is 30.2 Å². The fraction of sp³-hybridized carbons (Fsp3) is 0.211. The highest BCUT2D eigenvalue weighted by molar-refractivity contribution is 6.58. The molecule has 4 rings (SSSR count). The van der Waals surface area contributed by atoms with Crippen molar-refractivity contribution in [1.82, 2.24) is 15.0 Å². The van der Waals surface area contributed by atoms with Gasteiger partial charge in [0.25, 0.3) is 0 Å². The molecular weight excluding hydrogens is 360 g/mol. The van der Waals surface area contributed by atoms with E-state index < -0.39 is 7.12 Å². The van der Waals surface area contributed by atoms with Gasteiger partial charge in [-0.2, -0.15) is 4.98 Å². The van der Waals surface area contributed by atoms with Crippen LogP contribution in [0, 0.1) is 5.82 Å². The number of hydrogen-bond acceptors (Lipinski definition) is 7. The average molecular weight is 379 g/mol. The zero-order chi connectivity index (χ0) is 19.7. The summed E-state index contributed by atoms with van der Waals surface area (Å²) in [4.78, 5) is 14.8. The molecule has 0 aliphatic carbocycles. The van der Waals surface area contributed by atoms with Crippen molar-refractivity contribution in [2.45, 2.75) is 25.9 Å². The van der Waals surface area contributed by atoms with Gasteiger partial charge in [-0.15, -0.1) is 0 Å². The molecule has 3 N–H and O–H groups in total. The van der Waals surface area contributed by atoms with E-state index in [0.717, 1.165) is 23.2 Å². The van der Waals surface area contributed by atoms with E-state index in [9.17, 15) is 14.4 Å². The molecule has 0 fully saturated rings. The fourth-order valence-electron chi connectivity index (χ4n) is 3.42. The molecule has 1 atom stereocenters. The zero-order valence-electron chi connectivity index (χ0n) is 15.2. The van der Waals surface area contributed by atoms with E-state index in [4.69, 9.17) is 0 Å². The molecule has 1 aliphatic rings. The molecule has 7 nitrogen and oxygen atoms in total. The van der Waals surface area contributed by atoms with Crippen LogP contribution in [0.5, 0.6) is 0 Å².